The molecule has 0 fully saturated rings. The zero-order chi connectivity index (χ0) is 14.5. The molecule has 4 nitrogen and oxygen atoms in total. The van der Waals surface area contributed by atoms with Gasteiger partial charge in [-0.2, -0.15) is 0 Å². The second kappa shape index (κ2) is 7.15. The van der Waals surface area contributed by atoms with Crippen LogP contribution in [0, 0.1) is 0 Å². The summed E-state index contributed by atoms with van der Waals surface area (Å²) in [4.78, 5) is 8.82. The van der Waals surface area contributed by atoms with E-state index in [1.165, 1.54) is 11.8 Å². The van der Waals surface area contributed by atoms with Crippen LogP contribution in [-0.2, 0) is 0 Å². The van der Waals surface area contributed by atoms with E-state index in [-0.39, 0.29) is 0 Å². The number of nitrogens with zero attached hydrogens (tertiary/aromatic N) is 2. The van der Waals surface area contributed by atoms with Gasteiger partial charge in [0.2, 0.25) is 0 Å². The largest absolute Gasteiger partial charge is 0.370 e. The Kier molecular flexibility index (Phi) is 5.51. The Morgan fingerprint density at radius 3 is 2.75 bits per heavy atom. The van der Waals surface area contributed by atoms with Gasteiger partial charge >= 0.3 is 0 Å². The van der Waals surface area contributed by atoms with Gasteiger partial charge in [-0.1, -0.05) is 29.4 Å². The van der Waals surface area contributed by atoms with E-state index in [0.29, 0.717) is 10.2 Å². The van der Waals surface area contributed by atoms with Crippen molar-refractivity contribution in [2.75, 3.05) is 23.4 Å². The first kappa shape index (κ1) is 15.4. The van der Waals surface area contributed by atoms with Crippen molar-refractivity contribution in [3.63, 3.8) is 0 Å². The summed E-state index contributed by atoms with van der Waals surface area (Å²) in [6, 6.07) is 7.52. The highest BCUT2D eigenvalue weighted by Crippen LogP contribution is 2.32. The molecule has 0 atom stereocenters. The smallest absolute Gasteiger partial charge is 0.191 e. The first-order valence-corrected chi connectivity index (χ1v) is 8.41. The molecule has 2 rings (SSSR count). The topological polar surface area (TPSA) is 49.8 Å². The van der Waals surface area contributed by atoms with Gasteiger partial charge < -0.3 is 10.6 Å². The van der Waals surface area contributed by atoms with Crippen LogP contribution in [0.1, 0.15) is 6.92 Å². The van der Waals surface area contributed by atoms with Crippen molar-refractivity contribution in [2.45, 2.75) is 12.1 Å². The highest BCUT2D eigenvalue weighted by atomic mass is 79.9. The predicted molar refractivity (Wildman–Crippen MR) is 90.4 cm³/mol. The lowest BCUT2D eigenvalue weighted by atomic mass is 10.3. The van der Waals surface area contributed by atoms with Crippen LogP contribution < -0.4 is 10.6 Å². The molecule has 0 amide bonds. The Morgan fingerprint density at radius 1 is 1.30 bits per heavy atom. The number of thioether (sulfide) groups is 1. The Morgan fingerprint density at radius 2 is 2.05 bits per heavy atom. The molecule has 1 aromatic carbocycles. The first-order valence-electron chi connectivity index (χ1n) is 6.02. The predicted octanol–water partition coefficient (Wildman–Crippen LogP) is 4.79. The molecule has 2 aromatic rings. The van der Waals surface area contributed by atoms with Gasteiger partial charge in [-0.25, -0.2) is 9.97 Å². The number of anilines is 3. The average molecular weight is 374 g/mol. The Labute approximate surface area is 135 Å². The van der Waals surface area contributed by atoms with Crippen molar-refractivity contribution < 1.29 is 0 Å². The first-order chi connectivity index (χ1) is 9.63. The van der Waals surface area contributed by atoms with Crippen LogP contribution in [0.15, 0.2) is 33.9 Å². The highest BCUT2D eigenvalue weighted by Gasteiger charge is 2.07. The molecule has 106 valence electrons. The number of hydrogen-bond acceptors (Lipinski definition) is 5. The van der Waals surface area contributed by atoms with Crippen LogP contribution in [0.3, 0.4) is 0 Å². The van der Waals surface area contributed by atoms with Crippen LogP contribution in [0.4, 0.5) is 17.3 Å². The summed E-state index contributed by atoms with van der Waals surface area (Å²) >= 11 is 11.0. The highest BCUT2D eigenvalue weighted by molar-refractivity contribution is 9.10. The maximum absolute atomic E-state index is 6.08. The molecule has 0 spiro atoms. The molecule has 0 aliphatic carbocycles. The molecule has 0 aliphatic heterocycles. The van der Waals surface area contributed by atoms with E-state index < -0.39 is 0 Å². The van der Waals surface area contributed by atoms with Gasteiger partial charge in [0.1, 0.15) is 11.6 Å². The zero-order valence-corrected chi connectivity index (χ0v) is 14.2. The van der Waals surface area contributed by atoms with Crippen LogP contribution >= 0.6 is 39.3 Å². The maximum Gasteiger partial charge on any atom is 0.191 e. The minimum absolute atomic E-state index is 0.654. The fourth-order valence-corrected chi connectivity index (χ4v) is 2.51. The number of rotatable bonds is 5. The Hall–Kier alpha value is -0.980. The molecule has 7 heteroatoms. The minimum Gasteiger partial charge on any atom is -0.370 e. The summed E-state index contributed by atoms with van der Waals surface area (Å²) in [5.74, 6) is 1.52. The van der Waals surface area contributed by atoms with Gasteiger partial charge in [0.15, 0.2) is 5.16 Å². The van der Waals surface area contributed by atoms with E-state index in [9.17, 15) is 0 Å². The summed E-state index contributed by atoms with van der Waals surface area (Å²) in [6.45, 7) is 2.84. The standard InChI is InChI=1S/C13H14BrClN4S/c1-3-16-10-7-11(19-13(18-10)20-2)17-9-6-4-5-8(15)12(9)14/h4-7H,3H2,1-2H3,(H2,16,17,18,19). The van der Waals surface area contributed by atoms with Gasteiger partial charge in [-0.3, -0.25) is 0 Å². The SMILES string of the molecule is CCNc1cc(Nc2cccc(Cl)c2Br)nc(SC)n1. The summed E-state index contributed by atoms with van der Waals surface area (Å²) in [5.41, 5.74) is 0.866. The molecule has 0 saturated heterocycles. The second-order valence-corrected chi connectivity index (χ2v) is 5.86. The number of aromatic nitrogens is 2. The van der Waals surface area contributed by atoms with Gasteiger partial charge in [-0.15, -0.1) is 0 Å². The fourth-order valence-electron chi connectivity index (χ4n) is 1.59. The van der Waals surface area contributed by atoms with Crippen molar-refractivity contribution in [2.24, 2.45) is 0 Å². The van der Waals surface area contributed by atoms with Crippen LogP contribution in [0.5, 0.6) is 0 Å². The van der Waals surface area contributed by atoms with Crippen molar-refractivity contribution in [1.29, 1.82) is 0 Å². The van der Waals surface area contributed by atoms with Gasteiger partial charge in [0.05, 0.1) is 15.2 Å². The summed E-state index contributed by atoms with van der Waals surface area (Å²) in [7, 11) is 0. The van der Waals surface area contributed by atoms with Gasteiger partial charge in [-0.05, 0) is 41.2 Å². The van der Waals surface area contributed by atoms with E-state index in [0.717, 1.165) is 28.3 Å². The van der Waals surface area contributed by atoms with Crippen molar-refractivity contribution >= 4 is 56.6 Å². The molecule has 1 heterocycles. The third kappa shape index (κ3) is 3.77. The lowest BCUT2D eigenvalue weighted by Crippen LogP contribution is -2.03. The molecular weight excluding hydrogens is 360 g/mol. The summed E-state index contributed by atoms with van der Waals surface area (Å²) < 4.78 is 0.816. The minimum atomic E-state index is 0.654. The van der Waals surface area contributed by atoms with E-state index in [1.807, 2.05) is 37.4 Å². The lowest BCUT2D eigenvalue weighted by Gasteiger charge is -2.11. The Balaban J connectivity index is 2.32. The van der Waals surface area contributed by atoms with E-state index in [2.05, 4.69) is 36.5 Å². The van der Waals surface area contributed by atoms with Crippen LogP contribution in [0.2, 0.25) is 5.02 Å². The fraction of sp³-hybridized carbons (Fsp3) is 0.231. The number of nitrogens with one attached hydrogen (secondary N) is 2. The van der Waals surface area contributed by atoms with E-state index in [1.54, 1.807) is 0 Å². The molecule has 20 heavy (non-hydrogen) atoms. The maximum atomic E-state index is 6.08. The third-order valence-electron chi connectivity index (χ3n) is 2.46. The third-order valence-corrected chi connectivity index (χ3v) is 4.41. The molecule has 0 radical (unpaired) electrons. The van der Waals surface area contributed by atoms with Crippen LogP contribution in [0.25, 0.3) is 0 Å². The molecular formula is C13H14BrClN4S. The lowest BCUT2D eigenvalue weighted by molar-refractivity contribution is 0.967. The quantitative estimate of drug-likeness (QED) is 0.583. The summed E-state index contributed by atoms with van der Waals surface area (Å²) in [6.07, 6.45) is 1.95. The van der Waals surface area contributed by atoms with Crippen molar-refractivity contribution in [1.82, 2.24) is 9.97 Å². The van der Waals surface area contributed by atoms with Gasteiger partial charge in [0, 0.05) is 12.6 Å². The molecule has 0 saturated carbocycles. The normalized spacial score (nSPS) is 10.4. The zero-order valence-electron chi connectivity index (χ0n) is 11.1. The number of benzene rings is 1. The van der Waals surface area contributed by atoms with E-state index in [4.69, 9.17) is 11.6 Å². The van der Waals surface area contributed by atoms with Crippen molar-refractivity contribution in [3.05, 3.63) is 33.8 Å². The van der Waals surface area contributed by atoms with Crippen molar-refractivity contribution in [3.8, 4) is 0 Å². The monoisotopic (exact) mass is 372 g/mol. The Bertz CT molecular complexity index is 609. The molecule has 2 N–H and O–H groups in total. The number of hydrogen-bond donors (Lipinski definition) is 2. The van der Waals surface area contributed by atoms with Gasteiger partial charge in [0.25, 0.3) is 0 Å². The number of halogens is 2. The van der Waals surface area contributed by atoms with E-state index >= 15 is 0 Å². The molecule has 1 aromatic heterocycles. The molecule has 0 aliphatic rings. The second-order valence-electron chi connectivity index (χ2n) is 3.88. The molecule has 0 bridgehead atoms. The molecule has 0 unspecified atom stereocenters. The average Bonchev–Trinajstić information content (AvgIpc) is 2.44. The summed E-state index contributed by atoms with van der Waals surface area (Å²) in [5, 5.41) is 7.81. The van der Waals surface area contributed by atoms with Crippen LogP contribution in [-0.4, -0.2) is 22.8 Å².